The van der Waals surface area contributed by atoms with Gasteiger partial charge >= 0.3 is 8.80 Å². The topological polar surface area (TPSA) is 40.0 Å². The lowest BCUT2D eigenvalue weighted by Crippen LogP contribution is -2.56. The molecule has 1 atom stereocenters. The maximum atomic E-state index is 5.93. The molecule has 0 rings (SSSR count). The van der Waals surface area contributed by atoms with Crippen LogP contribution in [0.1, 0.15) is 60.8 Å². The van der Waals surface area contributed by atoms with Gasteiger partial charge < -0.3 is 13.3 Å². The second kappa shape index (κ2) is 10.5. The summed E-state index contributed by atoms with van der Waals surface area (Å²) in [5.41, 5.74) is 1.17. The molecule has 0 fully saturated rings. The third-order valence-electron chi connectivity index (χ3n) is 2.82. The van der Waals surface area contributed by atoms with Crippen LogP contribution in [0.15, 0.2) is 4.99 Å². The largest absolute Gasteiger partial charge is 0.526 e. The molecule has 5 heteroatoms. The summed E-state index contributed by atoms with van der Waals surface area (Å²) >= 11 is 0. The van der Waals surface area contributed by atoms with Crippen molar-refractivity contribution in [1.82, 2.24) is 0 Å². The minimum atomic E-state index is -2.70. The molecule has 0 aromatic carbocycles. The molecule has 0 aliphatic carbocycles. The smallest absolute Gasteiger partial charge is 0.373 e. The fraction of sp³-hybridized carbons (Fsp3) is 0.929. The van der Waals surface area contributed by atoms with Crippen LogP contribution in [0, 0.1) is 0 Å². The number of hydrogen-bond acceptors (Lipinski definition) is 4. The summed E-state index contributed by atoms with van der Waals surface area (Å²) in [6.45, 7) is 14.1. The molecule has 1 unspecified atom stereocenters. The molecule has 0 aliphatic rings. The van der Waals surface area contributed by atoms with Crippen LogP contribution in [0.25, 0.3) is 0 Å². The number of hydrogen-bond donors (Lipinski definition) is 0. The van der Waals surface area contributed by atoms with Crippen LogP contribution in [0.2, 0.25) is 0 Å². The van der Waals surface area contributed by atoms with Gasteiger partial charge in [-0.1, -0.05) is 20.3 Å². The Labute approximate surface area is 119 Å². The Bertz CT molecular complexity index is 242. The van der Waals surface area contributed by atoms with Gasteiger partial charge in [0.1, 0.15) is 5.67 Å². The Hall–Kier alpha value is -0.233. The Morgan fingerprint density at radius 1 is 0.947 bits per heavy atom. The molecule has 0 amide bonds. The number of rotatable bonds is 11. The number of aliphatic imine (C=N–C) groups is 1. The second-order valence-corrected chi connectivity index (χ2v) is 7.18. The third-order valence-corrected chi connectivity index (χ3v) is 6.25. The lowest BCUT2D eigenvalue weighted by atomic mass is 10.2. The predicted octanol–water partition coefficient (Wildman–Crippen LogP) is 3.61. The van der Waals surface area contributed by atoms with Crippen LogP contribution in [0.5, 0.6) is 0 Å². The van der Waals surface area contributed by atoms with E-state index in [0.717, 1.165) is 25.0 Å². The van der Waals surface area contributed by atoms with Gasteiger partial charge in [0.2, 0.25) is 0 Å². The Kier molecular flexibility index (Phi) is 10.4. The maximum Gasteiger partial charge on any atom is 0.526 e. The van der Waals surface area contributed by atoms with Crippen molar-refractivity contribution >= 4 is 14.5 Å². The summed E-state index contributed by atoms with van der Waals surface area (Å²) in [7, 11) is -2.70. The highest BCUT2D eigenvalue weighted by Crippen LogP contribution is 2.21. The van der Waals surface area contributed by atoms with Crippen molar-refractivity contribution in [3.05, 3.63) is 0 Å². The zero-order valence-electron chi connectivity index (χ0n) is 13.5. The first-order valence-electron chi connectivity index (χ1n) is 7.55. The Morgan fingerprint density at radius 3 is 1.74 bits per heavy atom. The van der Waals surface area contributed by atoms with E-state index in [1.54, 1.807) is 0 Å². The van der Waals surface area contributed by atoms with E-state index in [0.29, 0.717) is 19.8 Å². The molecule has 0 heterocycles. The van der Waals surface area contributed by atoms with E-state index >= 15 is 0 Å². The van der Waals surface area contributed by atoms with Crippen LogP contribution >= 0.6 is 0 Å². The zero-order valence-corrected chi connectivity index (χ0v) is 14.5. The normalized spacial score (nSPS) is 14.7. The molecule has 0 aromatic heterocycles. The van der Waals surface area contributed by atoms with E-state index in [4.69, 9.17) is 18.3 Å². The average Bonchev–Trinajstić information content (AvgIpc) is 2.37. The van der Waals surface area contributed by atoms with Crippen LogP contribution in [0.3, 0.4) is 0 Å². The Morgan fingerprint density at radius 2 is 1.42 bits per heavy atom. The van der Waals surface area contributed by atoms with Crippen molar-refractivity contribution in [2.24, 2.45) is 4.99 Å². The molecule has 0 aliphatic heterocycles. The molecule has 0 saturated heterocycles. The summed E-state index contributed by atoms with van der Waals surface area (Å²) < 4.78 is 17.8. The first-order chi connectivity index (χ1) is 9.10. The van der Waals surface area contributed by atoms with Crippen LogP contribution < -0.4 is 0 Å². The lowest BCUT2D eigenvalue weighted by molar-refractivity contribution is 0.0621. The third kappa shape index (κ3) is 6.16. The lowest BCUT2D eigenvalue weighted by Gasteiger charge is -2.33. The van der Waals surface area contributed by atoms with Crippen molar-refractivity contribution in [3.63, 3.8) is 0 Å². The maximum absolute atomic E-state index is 5.93. The predicted molar refractivity (Wildman–Crippen MR) is 82.7 cm³/mol. The minimum Gasteiger partial charge on any atom is -0.373 e. The van der Waals surface area contributed by atoms with E-state index in [1.165, 1.54) is 0 Å². The van der Waals surface area contributed by atoms with Crippen molar-refractivity contribution in [2.75, 3.05) is 19.8 Å². The molecule has 0 N–H and O–H groups in total. The van der Waals surface area contributed by atoms with Gasteiger partial charge in [-0.25, -0.2) is 0 Å². The SMILES string of the molecule is CCCC(C)=NC(CC)[Si](OCC)(OCC)OCC. The highest BCUT2D eigenvalue weighted by molar-refractivity contribution is 6.62. The standard InChI is InChI=1S/C14H31NO3Si/c1-7-12-13(6)15-14(8-2)19(16-9-3,17-10-4)18-11-5/h14H,7-12H2,1-6H3. The molecule has 0 bridgehead atoms. The average molecular weight is 289 g/mol. The molecule has 19 heavy (non-hydrogen) atoms. The molecular formula is C14H31NO3Si. The van der Waals surface area contributed by atoms with Gasteiger partial charge in [-0.05, 0) is 40.5 Å². The van der Waals surface area contributed by atoms with Gasteiger partial charge in [-0.3, -0.25) is 4.99 Å². The van der Waals surface area contributed by atoms with Gasteiger partial charge in [0.05, 0.1) is 0 Å². The fourth-order valence-corrected chi connectivity index (χ4v) is 5.04. The van der Waals surface area contributed by atoms with Crippen molar-refractivity contribution in [1.29, 1.82) is 0 Å². The van der Waals surface area contributed by atoms with Gasteiger partial charge in [-0.2, -0.15) is 0 Å². The van der Waals surface area contributed by atoms with E-state index in [-0.39, 0.29) is 5.67 Å². The highest BCUT2D eigenvalue weighted by atomic mass is 28.4. The molecule has 0 spiro atoms. The molecule has 0 saturated carbocycles. The van der Waals surface area contributed by atoms with Crippen molar-refractivity contribution < 1.29 is 13.3 Å². The first-order valence-corrected chi connectivity index (χ1v) is 9.35. The van der Waals surface area contributed by atoms with E-state index in [9.17, 15) is 0 Å². The van der Waals surface area contributed by atoms with Gasteiger partial charge in [0.25, 0.3) is 0 Å². The van der Waals surface area contributed by atoms with Crippen molar-refractivity contribution in [2.45, 2.75) is 66.5 Å². The summed E-state index contributed by atoms with van der Waals surface area (Å²) in [5.74, 6) is 0. The summed E-state index contributed by atoms with van der Waals surface area (Å²) in [6, 6.07) is 0. The van der Waals surface area contributed by atoms with E-state index in [1.807, 2.05) is 20.8 Å². The van der Waals surface area contributed by atoms with Gasteiger partial charge in [-0.15, -0.1) is 0 Å². The number of nitrogens with zero attached hydrogens (tertiary/aromatic N) is 1. The molecule has 4 nitrogen and oxygen atoms in total. The zero-order chi connectivity index (χ0) is 14.7. The van der Waals surface area contributed by atoms with Gasteiger partial charge in [0, 0.05) is 25.5 Å². The molecule has 0 aromatic rings. The molecule has 0 radical (unpaired) electrons. The van der Waals surface area contributed by atoms with Gasteiger partial charge in [0.15, 0.2) is 0 Å². The van der Waals surface area contributed by atoms with E-state index < -0.39 is 8.80 Å². The fourth-order valence-electron chi connectivity index (χ4n) is 2.13. The highest BCUT2D eigenvalue weighted by Gasteiger charge is 2.48. The minimum absolute atomic E-state index is 0.0129. The second-order valence-electron chi connectivity index (χ2n) is 4.44. The Balaban J connectivity index is 5.18. The first kappa shape index (κ1) is 18.8. The molecule has 114 valence electrons. The molecular weight excluding hydrogens is 258 g/mol. The summed E-state index contributed by atoms with van der Waals surface area (Å²) in [4.78, 5) is 4.82. The summed E-state index contributed by atoms with van der Waals surface area (Å²) in [6.07, 6.45) is 3.01. The van der Waals surface area contributed by atoms with Crippen LogP contribution in [-0.2, 0) is 13.3 Å². The van der Waals surface area contributed by atoms with Crippen molar-refractivity contribution in [3.8, 4) is 0 Å². The quantitative estimate of drug-likeness (QED) is 0.431. The van der Waals surface area contributed by atoms with E-state index in [2.05, 4.69) is 20.8 Å². The summed E-state index contributed by atoms with van der Waals surface area (Å²) in [5, 5.41) is 0. The van der Waals surface area contributed by atoms with Crippen LogP contribution in [-0.4, -0.2) is 40.0 Å². The monoisotopic (exact) mass is 289 g/mol. The van der Waals surface area contributed by atoms with Crippen LogP contribution in [0.4, 0.5) is 0 Å².